The first kappa shape index (κ1) is 19.7. The number of carbonyl (C=O) groups is 2. The van der Waals surface area contributed by atoms with Crippen LogP contribution in [0.1, 0.15) is 36.3 Å². The molecule has 0 aliphatic rings. The van der Waals surface area contributed by atoms with Crippen LogP contribution in [0.5, 0.6) is 0 Å². The van der Waals surface area contributed by atoms with Crippen LogP contribution in [-0.4, -0.2) is 28.6 Å². The number of allylic oxidation sites excluding steroid dienone is 2. The molecule has 0 saturated heterocycles. The Morgan fingerprint density at radius 2 is 2.08 bits per heavy atom. The zero-order valence-corrected chi connectivity index (χ0v) is 14.7. The first-order valence-corrected chi connectivity index (χ1v) is 8.26. The Labute approximate surface area is 145 Å². The van der Waals surface area contributed by atoms with Gasteiger partial charge in [0.05, 0.1) is 12.5 Å². The lowest BCUT2D eigenvalue weighted by atomic mass is 10.1. The molecule has 130 valence electrons. The Bertz CT molecular complexity index is 663. The maximum absolute atomic E-state index is 11.5. The number of primary amides is 1. The fourth-order valence-electron chi connectivity index (χ4n) is 1.91. The first-order chi connectivity index (χ1) is 11.3. The van der Waals surface area contributed by atoms with Crippen molar-refractivity contribution < 1.29 is 9.59 Å². The number of rotatable bonds is 9. The van der Waals surface area contributed by atoms with E-state index in [0.29, 0.717) is 23.0 Å². The maximum atomic E-state index is 11.5. The average Bonchev–Trinajstić information content (AvgIpc) is 2.94. The highest BCUT2D eigenvalue weighted by atomic mass is 32.1. The number of hydrogen-bond acceptors (Lipinski definition) is 6. The maximum Gasteiger partial charge on any atom is 0.224 e. The fraction of sp³-hybridized carbons (Fsp3) is 0.375. The van der Waals surface area contributed by atoms with E-state index in [4.69, 9.17) is 11.5 Å². The second kappa shape index (κ2) is 9.74. The molecule has 2 amide bonds. The van der Waals surface area contributed by atoms with E-state index in [0.717, 1.165) is 11.1 Å². The van der Waals surface area contributed by atoms with E-state index in [2.05, 4.69) is 22.1 Å². The van der Waals surface area contributed by atoms with Crippen molar-refractivity contribution in [1.29, 1.82) is 0 Å². The number of aromatic nitrogens is 2. The van der Waals surface area contributed by atoms with Gasteiger partial charge in [0.25, 0.3) is 0 Å². The minimum atomic E-state index is -0.471. The number of amides is 2. The largest absolute Gasteiger partial charge is 0.369 e. The van der Waals surface area contributed by atoms with Gasteiger partial charge in [-0.2, -0.15) is 0 Å². The summed E-state index contributed by atoms with van der Waals surface area (Å²) in [6.07, 6.45) is 6.19. The van der Waals surface area contributed by atoms with E-state index in [9.17, 15) is 9.59 Å². The Hall–Kier alpha value is -2.32. The summed E-state index contributed by atoms with van der Waals surface area (Å²) in [4.78, 5) is 22.4. The summed E-state index contributed by atoms with van der Waals surface area (Å²) in [5.41, 5.74) is 12.6. The molecule has 0 spiro atoms. The van der Waals surface area contributed by atoms with Crippen LogP contribution < -0.4 is 16.8 Å². The lowest BCUT2D eigenvalue weighted by molar-refractivity contribution is -0.120. The Morgan fingerprint density at radius 1 is 1.38 bits per heavy atom. The Kier molecular flexibility index (Phi) is 8.00. The summed E-state index contributed by atoms with van der Waals surface area (Å²) < 4.78 is 0. The topological polar surface area (TPSA) is 124 Å². The van der Waals surface area contributed by atoms with Gasteiger partial charge in [-0.3, -0.25) is 9.59 Å². The Balaban J connectivity index is 2.85. The average molecular weight is 349 g/mol. The summed E-state index contributed by atoms with van der Waals surface area (Å²) in [6.45, 7) is 7.79. The van der Waals surface area contributed by atoms with Gasteiger partial charge in [0.15, 0.2) is 0 Å². The molecule has 1 aromatic heterocycles. The van der Waals surface area contributed by atoms with Crippen LogP contribution in [0.3, 0.4) is 0 Å². The van der Waals surface area contributed by atoms with Crippen LogP contribution in [-0.2, 0) is 16.0 Å². The third-order valence-corrected chi connectivity index (χ3v) is 4.13. The highest BCUT2D eigenvalue weighted by Crippen LogP contribution is 2.24. The molecule has 8 heteroatoms. The normalized spacial score (nSPS) is 13.0. The van der Waals surface area contributed by atoms with Crippen LogP contribution in [0.25, 0.3) is 0 Å². The Morgan fingerprint density at radius 3 is 2.62 bits per heavy atom. The van der Waals surface area contributed by atoms with Crippen molar-refractivity contribution >= 4 is 23.2 Å². The predicted octanol–water partition coefficient (Wildman–Crippen LogP) is 1.15. The molecule has 0 radical (unpaired) electrons. The molecule has 0 fully saturated rings. The van der Waals surface area contributed by atoms with Crippen molar-refractivity contribution in [3.63, 3.8) is 0 Å². The number of carbonyl (C=O) groups excluding carboxylic acids is 2. The molecule has 0 aliphatic carbocycles. The van der Waals surface area contributed by atoms with Gasteiger partial charge in [0.2, 0.25) is 11.8 Å². The van der Waals surface area contributed by atoms with Gasteiger partial charge in [-0.15, -0.1) is 10.2 Å². The highest BCUT2D eigenvalue weighted by Gasteiger charge is 2.19. The highest BCUT2D eigenvalue weighted by molar-refractivity contribution is 7.11. The molecule has 24 heavy (non-hydrogen) atoms. The van der Waals surface area contributed by atoms with E-state index in [-0.39, 0.29) is 18.4 Å². The van der Waals surface area contributed by atoms with Crippen LogP contribution >= 0.6 is 11.3 Å². The van der Waals surface area contributed by atoms with Crippen molar-refractivity contribution in [2.45, 2.75) is 32.7 Å². The third kappa shape index (κ3) is 6.84. The molecule has 1 rings (SSSR count). The van der Waals surface area contributed by atoms with Gasteiger partial charge >= 0.3 is 0 Å². The quantitative estimate of drug-likeness (QED) is 0.577. The van der Waals surface area contributed by atoms with E-state index < -0.39 is 5.91 Å². The fourth-order valence-corrected chi connectivity index (χ4v) is 2.81. The molecule has 1 aromatic rings. The molecule has 7 nitrogen and oxygen atoms in total. The van der Waals surface area contributed by atoms with E-state index in [1.54, 1.807) is 0 Å². The van der Waals surface area contributed by atoms with Crippen molar-refractivity contribution in [3.8, 4) is 0 Å². The van der Waals surface area contributed by atoms with Crippen molar-refractivity contribution in [3.05, 3.63) is 46.0 Å². The summed E-state index contributed by atoms with van der Waals surface area (Å²) in [7, 11) is 0. The molecule has 0 aromatic carbocycles. The van der Waals surface area contributed by atoms with Gasteiger partial charge in [0.1, 0.15) is 10.0 Å². The van der Waals surface area contributed by atoms with Gasteiger partial charge in [-0.1, -0.05) is 41.7 Å². The molecule has 0 aliphatic heterocycles. The zero-order chi connectivity index (χ0) is 18.1. The van der Waals surface area contributed by atoms with Crippen LogP contribution in [0.4, 0.5) is 0 Å². The van der Waals surface area contributed by atoms with Crippen molar-refractivity contribution in [2.24, 2.45) is 11.5 Å². The second-order valence-electron chi connectivity index (χ2n) is 5.19. The molecule has 0 saturated carbocycles. The molecular formula is C16H23N5O2S. The standard InChI is InChI=1S/C16H23N5O2S/c1-4-12(9-17)6-5-10(2)7-13(19-11(3)22)16-21-20-15(24-16)8-14(18)23/h4-6,13H,2,7-9,17H2,1,3H3,(H2,18,23)(H,19,22)/b6-5-,12-4+/t13-/m0/s1. The minimum absolute atomic E-state index is 0.0342. The van der Waals surface area contributed by atoms with Crippen molar-refractivity contribution in [2.75, 3.05) is 6.54 Å². The van der Waals surface area contributed by atoms with Crippen molar-refractivity contribution in [1.82, 2.24) is 15.5 Å². The van der Waals surface area contributed by atoms with E-state index in [1.807, 2.05) is 25.2 Å². The smallest absolute Gasteiger partial charge is 0.224 e. The van der Waals surface area contributed by atoms with Gasteiger partial charge in [-0.05, 0) is 18.9 Å². The molecule has 1 atom stereocenters. The number of hydrogen-bond donors (Lipinski definition) is 3. The SMILES string of the molecule is C=C(/C=C\C(=C/C)CN)C[C@H](NC(C)=O)c1nnc(CC(N)=O)s1. The second-order valence-corrected chi connectivity index (χ2v) is 6.29. The van der Waals surface area contributed by atoms with E-state index in [1.165, 1.54) is 18.3 Å². The summed E-state index contributed by atoms with van der Waals surface area (Å²) in [5, 5.41) is 12.0. The van der Waals surface area contributed by atoms with Gasteiger partial charge < -0.3 is 16.8 Å². The van der Waals surface area contributed by atoms with E-state index >= 15 is 0 Å². The molecule has 0 bridgehead atoms. The number of nitrogens with zero attached hydrogens (tertiary/aromatic N) is 2. The molecule has 1 heterocycles. The summed E-state index contributed by atoms with van der Waals surface area (Å²) in [6, 6.07) is -0.356. The van der Waals surface area contributed by atoms with Gasteiger partial charge in [0, 0.05) is 13.5 Å². The predicted molar refractivity (Wildman–Crippen MR) is 95.1 cm³/mol. The molecule has 5 N–H and O–H groups in total. The summed E-state index contributed by atoms with van der Waals surface area (Å²) in [5.74, 6) is -0.652. The zero-order valence-electron chi connectivity index (χ0n) is 13.9. The van der Waals surface area contributed by atoms with Gasteiger partial charge in [-0.25, -0.2) is 0 Å². The number of nitrogens with one attached hydrogen (secondary N) is 1. The first-order valence-electron chi connectivity index (χ1n) is 7.44. The molecule has 0 unspecified atom stereocenters. The molecular weight excluding hydrogens is 326 g/mol. The van der Waals surface area contributed by atoms with Crippen LogP contribution in [0.2, 0.25) is 0 Å². The number of nitrogens with two attached hydrogens (primary N) is 2. The summed E-state index contributed by atoms with van der Waals surface area (Å²) >= 11 is 1.25. The monoisotopic (exact) mass is 349 g/mol. The minimum Gasteiger partial charge on any atom is -0.369 e. The third-order valence-electron chi connectivity index (χ3n) is 3.09. The van der Waals surface area contributed by atoms with Crippen LogP contribution in [0.15, 0.2) is 36.0 Å². The lowest BCUT2D eigenvalue weighted by Crippen LogP contribution is -2.26. The van der Waals surface area contributed by atoms with Crippen LogP contribution in [0, 0.1) is 0 Å². The lowest BCUT2D eigenvalue weighted by Gasteiger charge is -2.15.